The molecule has 0 aromatic rings. The number of imide groups is 1. The highest BCUT2D eigenvalue weighted by atomic mass is 16.5. The van der Waals surface area contributed by atoms with Gasteiger partial charge in [0, 0.05) is 0 Å². The molecule has 5 nitrogen and oxygen atoms in total. The number of fused-ring (bicyclic) bond motifs is 1. The molecule has 1 fully saturated rings. The van der Waals surface area contributed by atoms with E-state index in [0.717, 1.165) is 4.90 Å². The van der Waals surface area contributed by atoms with E-state index in [1.54, 1.807) is 0 Å². The van der Waals surface area contributed by atoms with Crippen LogP contribution in [-0.4, -0.2) is 29.8 Å². The number of esters is 1. The number of carbonyl (C=O) groups is 3. The summed E-state index contributed by atoms with van der Waals surface area (Å²) < 4.78 is 4.47. The molecule has 2 atom stereocenters. The molecule has 17 heavy (non-hydrogen) atoms. The van der Waals surface area contributed by atoms with Gasteiger partial charge in [0.15, 0.2) is 0 Å². The van der Waals surface area contributed by atoms with E-state index in [1.807, 2.05) is 12.2 Å². The predicted molar refractivity (Wildman–Crippen MR) is 58.4 cm³/mol. The number of carbonyl (C=O) groups excluding carboxylic acids is 3. The molecule has 1 saturated heterocycles. The fourth-order valence-electron chi connectivity index (χ4n) is 2.28. The van der Waals surface area contributed by atoms with Gasteiger partial charge >= 0.3 is 5.97 Å². The maximum Gasteiger partial charge on any atom is 0.354 e. The van der Waals surface area contributed by atoms with E-state index < -0.39 is 5.97 Å². The number of nitrogens with zero attached hydrogens (tertiary/aromatic N) is 1. The third-order valence-corrected chi connectivity index (χ3v) is 3.20. The van der Waals surface area contributed by atoms with E-state index in [1.165, 1.54) is 7.11 Å². The van der Waals surface area contributed by atoms with Crippen LogP contribution in [0.4, 0.5) is 0 Å². The average Bonchev–Trinajstić information content (AvgIpc) is 2.61. The zero-order chi connectivity index (χ0) is 12.6. The van der Waals surface area contributed by atoms with E-state index in [4.69, 9.17) is 0 Å². The highest BCUT2D eigenvalue weighted by molar-refractivity contribution is 6.11. The van der Waals surface area contributed by atoms with Crippen LogP contribution in [0.1, 0.15) is 12.8 Å². The van der Waals surface area contributed by atoms with Crippen molar-refractivity contribution in [3.05, 3.63) is 24.4 Å². The molecule has 2 rings (SSSR count). The molecular weight excluding hydrogens is 222 g/mol. The topological polar surface area (TPSA) is 63.7 Å². The third-order valence-electron chi connectivity index (χ3n) is 3.20. The average molecular weight is 235 g/mol. The van der Waals surface area contributed by atoms with Crippen molar-refractivity contribution in [2.75, 3.05) is 7.11 Å². The van der Waals surface area contributed by atoms with Crippen LogP contribution >= 0.6 is 0 Å². The van der Waals surface area contributed by atoms with Crippen molar-refractivity contribution in [3.63, 3.8) is 0 Å². The Bertz CT molecular complexity index is 412. The highest BCUT2D eigenvalue weighted by Gasteiger charge is 2.49. The van der Waals surface area contributed by atoms with Crippen LogP contribution in [0.15, 0.2) is 24.4 Å². The summed E-state index contributed by atoms with van der Waals surface area (Å²) in [6.07, 6.45) is 4.86. The van der Waals surface area contributed by atoms with Crippen molar-refractivity contribution in [1.29, 1.82) is 0 Å². The Balaban J connectivity index is 2.27. The summed E-state index contributed by atoms with van der Waals surface area (Å²) in [4.78, 5) is 36.2. The van der Waals surface area contributed by atoms with Crippen molar-refractivity contribution in [2.24, 2.45) is 11.8 Å². The molecule has 5 heteroatoms. The van der Waals surface area contributed by atoms with Crippen LogP contribution in [-0.2, 0) is 19.1 Å². The monoisotopic (exact) mass is 235 g/mol. The van der Waals surface area contributed by atoms with Gasteiger partial charge in [0.1, 0.15) is 5.70 Å². The van der Waals surface area contributed by atoms with Gasteiger partial charge in [0.05, 0.1) is 18.9 Å². The standard InChI is InChI=1S/C12H13NO4/c1-7(12(16)17-2)13-10(14)8-5-3-4-6-9(8)11(13)15/h3-4,8-9H,1,5-6H2,2H3. The number of methoxy groups -OCH3 is 1. The van der Waals surface area contributed by atoms with Gasteiger partial charge in [-0.25, -0.2) is 9.69 Å². The Hall–Kier alpha value is -1.91. The lowest BCUT2D eigenvalue weighted by molar-refractivity contribution is -0.146. The fraction of sp³-hybridized carbons (Fsp3) is 0.417. The van der Waals surface area contributed by atoms with Crippen molar-refractivity contribution in [3.8, 4) is 0 Å². The SMILES string of the molecule is C=C(C(=O)OC)N1C(=O)C2CC=CCC2C1=O. The van der Waals surface area contributed by atoms with Crippen molar-refractivity contribution >= 4 is 17.8 Å². The van der Waals surface area contributed by atoms with Crippen molar-refractivity contribution in [2.45, 2.75) is 12.8 Å². The second-order valence-electron chi connectivity index (χ2n) is 4.11. The van der Waals surface area contributed by atoms with Gasteiger partial charge in [-0.05, 0) is 12.8 Å². The molecular formula is C12H13NO4. The second-order valence-corrected chi connectivity index (χ2v) is 4.11. The summed E-state index contributed by atoms with van der Waals surface area (Å²) in [6, 6.07) is 0. The first-order valence-corrected chi connectivity index (χ1v) is 5.38. The first-order chi connectivity index (χ1) is 8.07. The number of rotatable bonds is 2. The molecule has 0 bridgehead atoms. The molecule has 0 radical (unpaired) electrons. The number of hydrogen-bond donors (Lipinski definition) is 0. The normalized spacial score (nSPS) is 27.0. The number of likely N-dealkylation sites (tertiary alicyclic amines) is 1. The fourth-order valence-corrected chi connectivity index (χ4v) is 2.28. The molecule has 0 aromatic carbocycles. The molecule has 90 valence electrons. The van der Waals surface area contributed by atoms with Crippen LogP contribution in [0.2, 0.25) is 0 Å². The Morgan fingerprint density at radius 3 is 2.18 bits per heavy atom. The molecule has 1 heterocycles. The maximum atomic E-state index is 12.0. The van der Waals surface area contributed by atoms with Crippen LogP contribution in [0.3, 0.4) is 0 Å². The molecule has 2 amide bonds. The van der Waals surface area contributed by atoms with E-state index in [0.29, 0.717) is 12.8 Å². The minimum atomic E-state index is -0.752. The van der Waals surface area contributed by atoms with Gasteiger partial charge in [-0.15, -0.1) is 0 Å². The van der Waals surface area contributed by atoms with Crippen molar-refractivity contribution in [1.82, 2.24) is 4.90 Å². The quantitative estimate of drug-likeness (QED) is 0.305. The van der Waals surface area contributed by atoms with Gasteiger partial charge in [-0.2, -0.15) is 0 Å². The molecule has 1 aliphatic heterocycles. The number of hydrogen-bond acceptors (Lipinski definition) is 4. The lowest BCUT2D eigenvalue weighted by atomic mass is 9.85. The largest absolute Gasteiger partial charge is 0.464 e. The van der Waals surface area contributed by atoms with Gasteiger partial charge in [-0.3, -0.25) is 9.59 Å². The maximum absolute atomic E-state index is 12.0. The predicted octanol–water partition coefficient (Wildman–Crippen LogP) is 0.624. The minimum absolute atomic E-state index is 0.197. The lowest BCUT2D eigenvalue weighted by Gasteiger charge is -2.14. The van der Waals surface area contributed by atoms with E-state index >= 15 is 0 Å². The van der Waals surface area contributed by atoms with Crippen LogP contribution < -0.4 is 0 Å². The zero-order valence-corrected chi connectivity index (χ0v) is 9.51. The molecule has 0 saturated carbocycles. The first kappa shape index (κ1) is 11.6. The molecule has 0 aromatic heterocycles. The van der Waals surface area contributed by atoms with Crippen LogP contribution in [0.5, 0.6) is 0 Å². The summed E-state index contributed by atoms with van der Waals surface area (Å²) in [5, 5.41) is 0. The Morgan fingerprint density at radius 2 is 1.76 bits per heavy atom. The molecule has 2 unspecified atom stereocenters. The smallest absolute Gasteiger partial charge is 0.354 e. The minimum Gasteiger partial charge on any atom is -0.464 e. The van der Waals surface area contributed by atoms with Gasteiger partial charge in [0.2, 0.25) is 11.8 Å². The van der Waals surface area contributed by atoms with E-state index in [-0.39, 0.29) is 29.3 Å². The third kappa shape index (κ3) is 1.67. The summed E-state index contributed by atoms with van der Waals surface area (Å²) in [5.74, 6) is -2.15. The van der Waals surface area contributed by atoms with E-state index in [2.05, 4.69) is 11.3 Å². The zero-order valence-electron chi connectivity index (χ0n) is 9.51. The van der Waals surface area contributed by atoms with Gasteiger partial charge in [-0.1, -0.05) is 18.7 Å². The van der Waals surface area contributed by atoms with Gasteiger partial charge < -0.3 is 4.74 Å². The van der Waals surface area contributed by atoms with E-state index in [9.17, 15) is 14.4 Å². The second kappa shape index (κ2) is 4.16. The lowest BCUT2D eigenvalue weighted by Crippen LogP contribution is -2.33. The summed E-state index contributed by atoms with van der Waals surface area (Å²) >= 11 is 0. The first-order valence-electron chi connectivity index (χ1n) is 5.38. The summed E-state index contributed by atoms with van der Waals surface area (Å²) in [7, 11) is 1.19. The summed E-state index contributed by atoms with van der Waals surface area (Å²) in [5.41, 5.74) is -0.197. The molecule has 2 aliphatic rings. The van der Waals surface area contributed by atoms with Crippen molar-refractivity contribution < 1.29 is 19.1 Å². The Morgan fingerprint density at radius 1 is 1.29 bits per heavy atom. The number of ether oxygens (including phenoxy) is 1. The highest BCUT2D eigenvalue weighted by Crippen LogP contribution is 2.36. The Kier molecular flexibility index (Phi) is 2.83. The van der Waals surface area contributed by atoms with Crippen LogP contribution in [0, 0.1) is 11.8 Å². The van der Waals surface area contributed by atoms with Crippen LogP contribution in [0.25, 0.3) is 0 Å². The van der Waals surface area contributed by atoms with Gasteiger partial charge in [0.25, 0.3) is 0 Å². The Labute approximate surface area is 98.7 Å². The molecule has 0 spiro atoms. The number of allylic oxidation sites excluding steroid dienone is 2. The molecule has 1 aliphatic carbocycles. The number of amides is 2. The molecule has 0 N–H and O–H groups in total. The summed E-state index contributed by atoms with van der Waals surface area (Å²) in [6.45, 7) is 3.46.